The highest BCUT2D eigenvalue weighted by atomic mass is 19.2. The van der Waals surface area contributed by atoms with E-state index in [4.69, 9.17) is 9.47 Å². The number of carbonyl (C=O) groups excluding carboxylic acids is 1. The number of rotatable bonds is 12. The Kier molecular flexibility index (Phi) is 10.0. The van der Waals surface area contributed by atoms with Crippen molar-refractivity contribution in [3.63, 3.8) is 0 Å². The van der Waals surface area contributed by atoms with Crippen LogP contribution in [-0.2, 0) is 0 Å². The smallest absolute Gasteiger partial charge is 0.346 e. The van der Waals surface area contributed by atoms with E-state index in [1.165, 1.54) is 73.9 Å². The minimum atomic E-state index is -0.969. The summed E-state index contributed by atoms with van der Waals surface area (Å²) in [5.74, 6) is -3.01. The molecule has 0 N–H and O–H groups in total. The Bertz CT molecular complexity index is 1430. The van der Waals surface area contributed by atoms with Crippen LogP contribution in [0.5, 0.6) is 11.5 Å². The van der Waals surface area contributed by atoms with Crippen LogP contribution in [0.2, 0.25) is 0 Å². The summed E-state index contributed by atoms with van der Waals surface area (Å²) in [5, 5.41) is 0. The van der Waals surface area contributed by atoms with Crippen molar-refractivity contribution >= 4 is 5.97 Å². The zero-order valence-electron chi connectivity index (χ0n) is 22.8. The van der Waals surface area contributed by atoms with Crippen LogP contribution in [0.15, 0.2) is 78.9 Å². The van der Waals surface area contributed by atoms with Gasteiger partial charge in [0.2, 0.25) is 0 Å². The van der Waals surface area contributed by atoms with Crippen molar-refractivity contribution < 1.29 is 27.4 Å². The number of aryl methyl sites for hydroxylation is 1. The zero-order valence-corrected chi connectivity index (χ0v) is 22.8. The van der Waals surface area contributed by atoms with E-state index in [1.54, 1.807) is 12.1 Å². The van der Waals surface area contributed by atoms with E-state index in [0.717, 1.165) is 24.8 Å². The molecular formula is C34H33F3O3. The van der Waals surface area contributed by atoms with Crippen LogP contribution in [0.25, 0.3) is 22.3 Å². The fourth-order valence-corrected chi connectivity index (χ4v) is 4.42. The molecule has 0 aliphatic rings. The molecule has 40 heavy (non-hydrogen) atoms. The molecule has 0 aliphatic heterocycles. The first-order valence-electron chi connectivity index (χ1n) is 13.7. The largest absolute Gasteiger partial charge is 0.493 e. The van der Waals surface area contributed by atoms with E-state index in [0.29, 0.717) is 23.5 Å². The van der Waals surface area contributed by atoms with E-state index >= 15 is 0 Å². The molecular weight excluding hydrogens is 513 g/mol. The molecule has 0 unspecified atom stereocenters. The predicted octanol–water partition coefficient (Wildman–Crippen LogP) is 9.70. The van der Waals surface area contributed by atoms with Crippen LogP contribution < -0.4 is 9.47 Å². The zero-order chi connectivity index (χ0) is 28.5. The summed E-state index contributed by atoms with van der Waals surface area (Å²) in [4.78, 5) is 12.6. The molecule has 0 fully saturated rings. The van der Waals surface area contributed by atoms with Gasteiger partial charge in [0.05, 0.1) is 12.2 Å². The quantitative estimate of drug-likeness (QED) is 0.101. The highest BCUT2D eigenvalue weighted by molar-refractivity contribution is 5.91. The van der Waals surface area contributed by atoms with E-state index < -0.39 is 23.4 Å². The van der Waals surface area contributed by atoms with Crippen molar-refractivity contribution in [3.8, 4) is 33.8 Å². The Morgan fingerprint density at radius 2 is 1.23 bits per heavy atom. The molecule has 0 heterocycles. The molecule has 0 bridgehead atoms. The summed E-state index contributed by atoms with van der Waals surface area (Å²) in [6.07, 6.45) is 6.74. The van der Waals surface area contributed by atoms with Gasteiger partial charge in [0, 0.05) is 17.2 Å². The van der Waals surface area contributed by atoms with Gasteiger partial charge in [-0.05, 0) is 48.7 Å². The van der Waals surface area contributed by atoms with E-state index in [2.05, 4.69) is 6.92 Å². The van der Waals surface area contributed by atoms with E-state index in [-0.39, 0.29) is 22.4 Å². The van der Waals surface area contributed by atoms with Gasteiger partial charge in [-0.1, -0.05) is 93.1 Å². The van der Waals surface area contributed by atoms with Gasteiger partial charge >= 0.3 is 5.97 Å². The van der Waals surface area contributed by atoms with Crippen molar-refractivity contribution in [2.45, 2.75) is 52.4 Å². The van der Waals surface area contributed by atoms with Gasteiger partial charge in [-0.15, -0.1) is 0 Å². The lowest BCUT2D eigenvalue weighted by Crippen LogP contribution is -2.11. The third-order valence-electron chi connectivity index (χ3n) is 6.75. The van der Waals surface area contributed by atoms with Crippen LogP contribution >= 0.6 is 0 Å². The number of hydrogen-bond acceptors (Lipinski definition) is 3. The molecule has 0 aromatic heterocycles. The number of hydrogen-bond donors (Lipinski definition) is 0. The topological polar surface area (TPSA) is 35.5 Å². The van der Waals surface area contributed by atoms with Crippen molar-refractivity contribution in [3.05, 3.63) is 107 Å². The summed E-state index contributed by atoms with van der Waals surface area (Å²) in [5.41, 5.74) is 2.04. The van der Waals surface area contributed by atoms with Gasteiger partial charge in [-0.3, -0.25) is 0 Å². The van der Waals surface area contributed by atoms with Crippen molar-refractivity contribution in [2.75, 3.05) is 6.61 Å². The second kappa shape index (κ2) is 13.8. The molecule has 0 radical (unpaired) electrons. The predicted molar refractivity (Wildman–Crippen MR) is 152 cm³/mol. The summed E-state index contributed by atoms with van der Waals surface area (Å²) in [6, 6.07) is 20.2. The number of carbonyl (C=O) groups is 1. The Hall–Kier alpha value is -4.06. The van der Waals surface area contributed by atoms with Crippen LogP contribution in [0.3, 0.4) is 0 Å². The van der Waals surface area contributed by atoms with Crippen LogP contribution in [0.1, 0.15) is 61.4 Å². The molecule has 3 nitrogen and oxygen atoms in total. The summed E-state index contributed by atoms with van der Waals surface area (Å²) < 4.78 is 55.4. The fraction of sp³-hybridized carbons (Fsp3) is 0.265. The van der Waals surface area contributed by atoms with Gasteiger partial charge in [-0.2, -0.15) is 0 Å². The SMILES string of the molecule is CCCCCCCCOc1ccc(C(=O)Oc2ccc(-c3ccc(-c4ccc(C)cc4)c(F)c3F)cc2)c(F)c1. The molecule has 0 amide bonds. The van der Waals surface area contributed by atoms with Crippen LogP contribution in [0.4, 0.5) is 13.2 Å². The first-order chi connectivity index (χ1) is 19.4. The highest BCUT2D eigenvalue weighted by Crippen LogP contribution is 2.32. The van der Waals surface area contributed by atoms with Gasteiger partial charge in [0.15, 0.2) is 11.6 Å². The molecule has 4 aromatic carbocycles. The lowest BCUT2D eigenvalue weighted by Gasteiger charge is -2.11. The Balaban J connectivity index is 1.37. The Morgan fingerprint density at radius 1 is 0.675 bits per heavy atom. The third kappa shape index (κ3) is 7.32. The van der Waals surface area contributed by atoms with Crippen LogP contribution in [0, 0.1) is 24.4 Å². The molecule has 4 rings (SSSR count). The number of benzene rings is 4. The maximum Gasteiger partial charge on any atom is 0.346 e. The molecule has 0 aliphatic carbocycles. The average molecular weight is 547 g/mol. The van der Waals surface area contributed by atoms with Crippen molar-refractivity contribution in [1.29, 1.82) is 0 Å². The van der Waals surface area contributed by atoms with E-state index in [9.17, 15) is 18.0 Å². The summed E-state index contributed by atoms with van der Waals surface area (Å²) in [7, 11) is 0. The first-order valence-corrected chi connectivity index (χ1v) is 13.7. The fourth-order valence-electron chi connectivity index (χ4n) is 4.42. The molecule has 0 spiro atoms. The van der Waals surface area contributed by atoms with Gasteiger partial charge < -0.3 is 9.47 Å². The molecule has 0 saturated heterocycles. The average Bonchev–Trinajstić information content (AvgIpc) is 2.95. The minimum Gasteiger partial charge on any atom is -0.493 e. The normalized spacial score (nSPS) is 10.9. The van der Waals surface area contributed by atoms with Crippen molar-refractivity contribution in [2.24, 2.45) is 0 Å². The van der Waals surface area contributed by atoms with Crippen molar-refractivity contribution in [1.82, 2.24) is 0 Å². The second-order valence-electron chi connectivity index (χ2n) is 9.83. The number of unbranched alkanes of at least 4 members (excludes halogenated alkanes) is 5. The maximum absolute atomic E-state index is 15.0. The summed E-state index contributed by atoms with van der Waals surface area (Å²) in [6.45, 7) is 4.58. The monoisotopic (exact) mass is 546 g/mol. The molecule has 208 valence electrons. The standard InChI is InChI=1S/C34H33F3O3/c1-3-4-5-6-7-8-21-39-27-17-18-30(31(35)22-27)34(38)40-26-15-13-25(14-16-26)29-20-19-28(32(36)33(29)37)24-11-9-23(2)10-12-24/h9-20,22H,3-8,21H2,1-2H3. The third-order valence-corrected chi connectivity index (χ3v) is 6.75. The molecule has 0 saturated carbocycles. The van der Waals surface area contributed by atoms with Crippen LogP contribution in [-0.4, -0.2) is 12.6 Å². The summed E-state index contributed by atoms with van der Waals surface area (Å²) >= 11 is 0. The number of esters is 1. The highest BCUT2D eigenvalue weighted by Gasteiger charge is 2.18. The first kappa shape index (κ1) is 28.9. The molecule has 6 heteroatoms. The van der Waals surface area contributed by atoms with Gasteiger partial charge in [0.25, 0.3) is 0 Å². The van der Waals surface area contributed by atoms with Gasteiger partial charge in [0.1, 0.15) is 17.3 Å². The second-order valence-corrected chi connectivity index (χ2v) is 9.83. The number of halogens is 3. The Morgan fingerprint density at radius 3 is 1.82 bits per heavy atom. The Labute approximate surface area is 233 Å². The lowest BCUT2D eigenvalue weighted by atomic mass is 9.98. The minimum absolute atomic E-state index is 0.0776. The molecule has 0 atom stereocenters. The lowest BCUT2D eigenvalue weighted by molar-refractivity contribution is 0.0730. The maximum atomic E-state index is 15.0. The molecule has 4 aromatic rings. The number of ether oxygens (including phenoxy) is 2. The van der Waals surface area contributed by atoms with Gasteiger partial charge in [-0.25, -0.2) is 18.0 Å². The van der Waals surface area contributed by atoms with E-state index in [1.807, 2.05) is 19.1 Å².